The summed E-state index contributed by atoms with van der Waals surface area (Å²) in [5, 5.41) is 2.45. The largest absolute Gasteiger partial charge is 0.338 e. The Morgan fingerprint density at radius 1 is 1.12 bits per heavy atom. The van der Waals surface area contributed by atoms with Crippen LogP contribution in [0.4, 0.5) is 8.78 Å². The maximum atomic E-state index is 13.5. The van der Waals surface area contributed by atoms with E-state index in [0.717, 1.165) is 18.7 Å². The van der Waals surface area contributed by atoms with Crippen molar-refractivity contribution in [1.82, 2.24) is 14.7 Å². The van der Waals surface area contributed by atoms with Crippen LogP contribution < -0.4 is 5.32 Å². The third-order valence-corrected chi connectivity index (χ3v) is 4.43. The minimum Gasteiger partial charge on any atom is -0.338 e. The number of carbonyl (C=O) groups is 1. The standard InChI is InChI=1S/C19H17F2N3O/c20-17(21)15(12-6-2-1-3-7-12)23-19(25)16-14-8-4-5-11-24(14)18(22-16)13-9-10-13/h1-8,11,13,15,17H,9-10H2,(H,23,25). The monoisotopic (exact) mass is 341 g/mol. The highest BCUT2D eigenvalue weighted by atomic mass is 19.3. The van der Waals surface area contributed by atoms with E-state index in [1.807, 2.05) is 22.7 Å². The van der Waals surface area contributed by atoms with Crippen LogP contribution in [0.25, 0.3) is 5.52 Å². The molecule has 128 valence electrons. The zero-order valence-electron chi connectivity index (χ0n) is 13.4. The molecule has 0 saturated heterocycles. The number of rotatable bonds is 5. The van der Waals surface area contributed by atoms with E-state index in [1.165, 1.54) is 0 Å². The highest BCUT2D eigenvalue weighted by molar-refractivity contribution is 5.99. The number of alkyl halides is 2. The number of hydrogen-bond donors (Lipinski definition) is 1. The minimum atomic E-state index is -2.71. The van der Waals surface area contributed by atoms with Crippen LogP contribution in [0.15, 0.2) is 54.7 Å². The number of carbonyl (C=O) groups excluding carboxylic acids is 1. The first-order valence-corrected chi connectivity index (χ1v) is 8.26. The summed E-state index contributed by atoms with van der Waals surface area (Å²) in [6.45, 7) is 0. The molecule has 1 aromatic carbocycles. The molecule has 1 unspecified atom stereocenters. The fourth-order valence-electron chi connectivity index (χ4n) is 3.02. The fraction of sp³-hybridized carbons (Fsp3) is 0.263. The lowest BCUT2D eigenvalue weighted by molar-refractivity contribution is 0.0742. The van der Waals surface area contributed by atoms with Crippen LogP contribution in [0.3, 0.4) is 0 Å². The number of imidazole rings is 1. The van der Waals surface area contributed by atoms with Gasteiger partial charge < -0.3 is 9.72 Å². The van der Waals surface area contributed by atoms with E-state index in [4.69, 9.17) is 0 Å². The Balaban J connectivity index is 1.68. The van der Waals surface area contributed by atoms with Crippen LogP contribution in [0.1, 0.15) is 46.7 Å². The Morgan fingerprint density at radius 2 is 1.84 bits per heavy atom. The summed E-state index contributed by atoms with van der Waals surface area (Å²) in [5.74, 6) is 0.593. The van der Waals surface area contributed by atoms with Gasteiger partial charge in [0, 0.05) is 12.1 Å². The van der Waals surface area contributed by atoms with Crippen molar-refractivity contribution in [2.45, 2.75) is 31.2 Å². The first kappa shape index (κ1) is 15.7. The van der Waals surface area contributed by atoms with Gasteiger partial charge in [0.05, 0.1) is 5.52 Å². The van der Waals surface area contributed by atoms with Gasteiger partial charge in [-0.25, -0.2) is 13.8 Å². The van der Waals surface area contributed by atoms with Crippen molar-refractivity contribution >= 4 is 11.4 Å². The van der Waals surface area contributed by atoms with Gasteiger partial charge in [0.25, 0.3) is 12.3 Å². The van der Waals surface area contributed by atoms with Crippen molar-refractivity contribution in [3.8, 4) is 0 Å². The minimum absolute atomic E-state index is 0.198. The highest BCUT2D eigenvalue weighted by Crippen LogP contribution is 2.40. The van der Waals surface area contributed by atoms with Gasteiger partial charge in [-0.1, -0.05) is 36.4 Å². The normalized spacial score (nSPS) is 15.5. The molecule has 1 saturated carbocycles. The number of nitrogens with one attached hydrogen (secondary N) is 1. The van der Waals surface area contributed by atoms with Gasteiger partial charge in [-0.2, -0.15) is 0 Å². The molecule has 1 amide bonds. The van der Waals surface area contributed by atoms with Crippen molar-refractivity contribution in [2.24, 2.45) is 0 Å². The number of amides is 1. The smallest absolute Gasteiger partial charge is 0.272 e. The van der Waals surface area contributed by atoms with Crippen LogP contribution in [0, 0.1) is 0 Å². The number of hydrogen-bond acceptors (Lipinski definition) is 2. The summed E-state index contributed by atoms with van der Waals surface area (Å²) in [7, 11) is 0. The molecule has 6 heteroatoms. The van der Waals surface area contributed by atoms with E-state index in [2.05, 4.69) is 10.3 Å². The summed E-state index contributed by atoms with van der Waals surface area (Å²) in [5.41, 5.74) is 1.21. The van der Waals surface area contributed by atoms with E-state index in [-0.39, 0.29) is 5.69 Å². The zero-order chi connectivity index (χ0) is 17.4. The fourth-order valence-corrected chi connectivity index (χ4v) is 3.02. The number of fused-ring (bicyclic) bond motifs is 1. The van der Waals surface area contributed by atoms with E-state index >= 15 is 0 Å². The molecule has 1 N–H and O–H groups in total. The van der Waals surface area contributed by atoms with E-state index in [1.54, 1.807) is 36.4 Å². The molecule has 2 heterocycles. The van der Waals surface area contributed by atoms with Crippen molar-refractivity contribution in [3.05, 3.63) is 71.8 Å². The van der Waals surface area contributed by atoms with Gasteiger partial charge in [0.2, 0.25) is 0 Å². The van der Waals surface area contributed by atoms with Gasteiger partial charge in [-0.3, -0.25) is 4.79 Å². The predicted octanol–water partition coefficient (Wildman–Crippen LogP) is 3.95. The summed E-state index contributed by atoms with van der Waals surface area (Å²) in [6, 6.07) is 12.4. The third kappa shape index (κ3) is 2.99. The van der Waals surface area contributed by atoms with E-state index in [0.29, 0.717) is 17.0 Å². The molecular formula is C19H17F2N3O. The van der Waals surface area contributed by atoms with Gasteiger partial charge in [0.1, 0.15) is 11.9 Å². The zero-order valence-corrected chi connectivity index (χ0v) is 13.4. The molecule has 1 aliphatic rings. The van der Waals surface area contributed by atoms with Crippen molar-refractivity contribution in [1.29, 1.82) is 0 Å². The molecule has 25 heavy (non-hydrogen) atoms. The summed E-state index contributed by atoms with van der Waals surface area (Å²) in [6.07, 6.45) is 1.23. The Labute approximate surface area is 143 Å². The van der Waals surface area contributed by atoms with Gasteiger partial charge in [-0.05, 0) is 30.5 Å². The Morgan fingerprint density at radius 3 is 2.52 bits per heavy atom. The van der Waals surface area contributed by atoms with Gasteiger partial charge >= 0.3 is 0 Å². The maximum Gasteiger partial charge on any atom is 0.272 e. The molecular weight excluding hydrogens is 324 g/mol. The van der Waals surface area contributed by atoms with Crippen LogP contribution >= 0.6 is 0 Å². The number of pyridine rings is 1. The quantitative estimate of drug-likeness (QED) is 0.764. The summed E-state index contributed by atoms with van der Waals surface area (Å²) >= 11 is 0. The lowest BCUT2D eigenvalue weighted by Gasteiger charge is -2.17. The first-order chi connectivity index (χ1) is 12.1. The van der Waals surface area contributed by atoms with Crippen molar-refractivity contribution in [2.75, 3.05) is 0 Å². The second kappa shape index (κ2) is 6.27. The topological polar surface area (TPSA) is 46.4 Å². The summed E-state index contributed by atoms with van der Waals surface area (Å²) in [4.78, 5) is 17.1. The van der Waals surface area contributed by atoms with Crippen molar-refractivity contribution in [3.63, 3.8) is 0 Å². The lowest BCUT2D eigenvalue weighted by Crippen LogP contribution is -2.33. The average molecular weight is 341 g/mol. The Kier molecular flexibility index (Phi) is 3.95. The molecule has 0 bridgehead atoms. The second-order valence-electron chi connectivity index (χ2n) is 6.25. The number of benzene rings is 1. The molecule has 1 aliphatic carbocycles. The predicted molar refractivity (Wildman–Crippen MR) is 89.8 cm³/mol. The molecule has 3 aromatic rings. The van der Waals surface area contributed by atoms with Crippen LogP contribution in [0.5, 0.6) is 0 Å². The van der Waals surface area contributed by atoms with E-state index < -0.39 is 18.4 Å². The van der Waals surface area contributed by atoms with Crippen LogP contribution in [-0.2, 0) is 0 Å². The van der Waals surface area contributed by atoms with Crippen LogP contribution in [-0.4, -0.2) is 21.7 Å². The number of nitrogens with zero attached hydrogens (tertiary/aromatic N) is 2. The Hall–Kier alpha value is -2.76. The lowest BCUT2D eigenvalue weighted by atomic mass is 10.1. The maximum absolute atomic E-state index is 13.5. The summed E-state index contributed by atoms with van der Waals surface area (Å²) < 4.78 is 28.8. The number of aromatic nitrogens is 2. The molecule has 0 aliphatic heterocycles. The molecule has 2 aromatic heterocycles. The molecule has 4 rings (SSSR count). The van der Waals surface area contributed by atoms with Gasteiger partial charge in [-0.15, -0.1) is 0 Å². The molecule has 1 fully saturated rings. The number of halogens is 2. The van der Waals surface area contributed by atoms with E-state index in [9.17, 15) is 13.6 Å². The molecule has 0 spiro atoms. The molecule has 4 nitrogen and oxygen atoms in total. The van der Waals surface area contributed by atoms with Gasteiger partial charge in [0.15, 0.2) is 5.69 Å². The van der Waals surface area contributed by atoms with Crippen LogP contribution in [0.2, 0.25) is 0 Å². The third-order valence-electron chi connectivity index (χ3n) is 4.43. The average Bonchev–Trinajstić information content (AvgIpc) is 3.40. The SMILES string of the molecule is O=C(NC(c1ccccc1)C(F)F)c1nc(C2CC2)n2ccccc12. The molecule has 1 atom stereocenters. The second-order valence-corrected chi connectivity index (χ2v) is 6.25. The Bertz CT molecular complexity index is 903. The highest BCUT2D eigenvalue weighted by Gasteiger charge is 2.32. The first-order valence-electron chi connectivity index (χ1n) is 8.26. The molecule has 0 radical (unpaired) electrons. The van der Waals surface area contributed by atoms with Crippen molar-refractivity contribution < 1.29 is 13.6 Å².